The highest BCUT2D eigenvalue weighted by molar-refractivity contribution is 14.0. The molecule has 31 heavy (non-hydrogen) atoms. The van der Waals surface area contributed by atoms with E-state index in [4.69, 9.17) is 14.5 Å². The molecule has 0 radical (unpaired) electrons. The van der Waals surface area contributed by atoms with Gasteiger partial charge in [-0.05, 0) is 56.9 Å². The molecule has 1 aliphatic rings. The number of halogens is 1. The smallest absolute Gasteiger partial charge is 0.191 e. The van der Waals surface area contributed by atoms with Gasteiger partial charge in [-0.15, -0.1) is 24.0 Å². The molecule has 1 fully saturated rings. The van der Waals surface area contributed by atoms with Crippen molar-refractivity contribution in [2.75, 3.05) is 39.5 Å². The van der Waals surface area contributed by atoms with Gasteiger partial charge >= 0.3 is 0 Å². The Morgan fingerprint density at radius 1 is 1.19 bits per heavy atom. The van der Waals surface area contributed by atoms with Crippen LogP contribution < -0.4 is 15.4 Å². The van der Waals surface area contributed by atoms with E-state index in [1.807, 2.05) is 30.1 Å². The molecular weight excluding hydrogens is 505 g/mol. The zero-order chi connectivity index (χ0) is 21.1. The van der Waals surface area contributed by atoms with Crippen molar-refractivity contribution in [3.63, 3.8) is 0 Å². The minimum absolute atomic E-state index is 0. The Morgan fingerprint density at radius 3 is 2.61 bits per heavy atom. The maximum Gasteiger partial charge on any atom is 0.191 e. The van der Waals surface area contributed by atoms with Crippen LogP contribution in [0.25, 0.3) is 0 Å². The lowest BCUT2D eigenvalue weighted by Gasteiger charge is -2.36. The van der Waals surface area contributed by atoms with Crippen LogP contribution in [0.5, 0.6) is 5.75 Å². The fraction of sp³-hybridized carbons (Fsp3) is 0.565. The average Bonchev–Trinajstić information content (AvgIpc) is 3.30. The summed E-state index contributed by atoms with van der Waals surface area (Å²) in [5, 5.41) is 11.1. The third-order valence-corrected chi connectivity index (χ3v) is 5.53. The Bertz CT molecular complexity index is 759. The van der Waals surface area contributed by atoms with Gasteiger partial charge in [0, 0.05) is 50.7 Å². The number of nitrogens with one attached hydrogen (secondary N) is 2. The Labute approximate surface area is 203 Å². The third-order valence-electron chi connectivity index (χ3n) is 5.53. The fourth-order valence-corrected chi connectivity index (χ4v) is 3.82. The molecule has 0 spiro atoms. The van der Waals surface area contributed by atoms with E-state index in [0.717, 1.165) is 70.4 Å². The molecular formula is C23H36IN5O2. The Balaban J connectivity index is 0.00000341. The first kappa shape index (κ1) is 25.5. The summed E-state index contributed by atoms with van der Waals surface area (Å²) in [6, 6.07) is 10.5. The van der Waals surface area contributed by atoms with Gasteiger partial charge in [0.2, 0.25) is 0 Å². The van der Waals surface area contributed by atoms with Crippen molar-refractivity contribution in [2.24, 2.45) is 4.99 Å². The van der Waals surface area contributed by atoms with E-state index in [9.17, 15) is 0 Å². The lowest BCUT2D eigenvalue weighted by molar-refractivity contribution is 0.0531. The minimum atomic E-state index is 0. The molecule has 0 aliphatic carbocycles. The molecule has 2 aromatic rings. The van der Waals surface area contributed by atoms with Gasteiger partial charge in [-0.25, -0.2) is 0 Å². The number of aromatic nitrogens is 2. The standard InChI is InChI=1S/C23H35N5O2.HI/c1-3-24-22(25-13-5-15-28-16-6-14-27-28)26-19-23(11-17-29-18-12-23)20-7-9-21(10-8-20)30-4-2;/h6-10,14,16H,3-5,11-13,15,17-19H2,1-2H3,(H2,24,25,26);1H. The number of rotatable bonds is 10. The van der Waals surface area contributed by atoms with Crippen LogP contribution in [0.3, 0.4) is 0 Å². The van der Waals surface area contributed by atoms with E-state index < -0.39 is 0 Å². The molecule has 2 heterocycles. The Morgan fingerprint density at radius 2 is 1.97 bits per heavy atom. The van der Waals surface area contributed by atoms with Gasteiger partial charge < -0.3 is 20.1 Å². The van der Waals surface area contributed by atoms with Crippen molar-refractivity contribution in [1.29, 1.82) is 0 Å². The fourth-order valence-electron chi connectivity index (χ4n) is 3.82. The second-order valence-electron chi connectivity index (χ2n) is 7.59. The summed E-state index contributed by atoms with van der Waals surface area (Å²) in [5.41, 5.74) is 1.31. The topological polar surface area (TPSA) is 72.7 Å². The molecule has 0 saturated carbocycles. The molecule has 1 aromatic carbocycles. The van der Waals surface area contributed by atoms with Crippen molar-refractivity contribution < 1.29 is 9.47 Å². The van der Waals surface area contributed by atoms with Crippen LogP contribution in [-0.2, 0) is 16.7 Å². The molecule has 7 nitrogen and oxygen atoms in total. The van der Waals surface area contributed by atoms with E-state index >= 15 is 0 Å². The molecule has 0 atom stereocenters. The monoisotopic (exact) mass is 541 g/mol. The molecule has 2 N–H and O–H groups in total. The van der Waals surface area contributed by atoms with Crippen molar-refractivity contribution >= 4 is 29.9 Å². The summed E-state index contributed by atoms with van der Waals surface area (Å²) < 4.78 is 13.2. The van der Waals surface area contributed by atoms with E-state index in [0.29, 0.717) is 6.61 Å². The SMILES string of the molecule is CCNC(=NCC1(c2ccc(OCC)cc2)CCOCC1)NCCCn1cccn1.I. The van der Waals surface area contributed by atoms with Gasteiger partial charge in [0.15, 0.2) is 5.96 Å². The van der Waals surface area contributed by atoms with E-state index in [2.05, 4.69) is 46.9 Å². The number of nitrogens with zero attached hydrogens (tertiary/aromatic N) is 3. The second-order valence-corrected chi connectivity index (χ2v) is 7.59. The molecule has 8 heteroatoms. The van der Waals surface area contributed by atoms with Crippen LogP contribution in [0.1, 0.15) is 38.7 Å². The predicted molar refractivity (Wildman–Crippen MR) is 136 cm³/mol. The highest BCUT2D eigenvalue weighted by Gasteiger charge is 2.34. The number of guanidine groups is 1. The number of hydrogen-bond donors (Lipinski definition) is 2. The minimum Gasteiger partial charge on any atom is -0.494 e. The summed E-state index contributed by atoms with van der Waals surface area (Å²) in [6.45, 7) is 9.65. The number of aryl methyl sites for hydroxylation is 1. The Kier molecular flexibility index (Phi) is 11.1. The van der Waals surface area contributed by atoms with Crippen molar-refractivity contribution in [1.82, 2.24) is 20.4 Å². The largest absolute Gasteiger partial charge is 0.494 e. The number of ether oxygens (including phenoxy) is 2. The van der Waals surface area contributed by atoms with Crippen LogP contribution in [0.15, 0.2) is 47.7 Å². The van der Waals surface area contributed by atoms with Gasteiger partial charge in [-0.1, -0.05) is 12.1 Å². The highest BCUT2D eigenvalue weighted by Crippen LogP contribution is 2.36. The van der Waals surface area contributed by atoms with E-state index in [-0.39, 0.29) is 29.4 Å². The summed E-state index contributed by atoms with van der Waals surface area (Å²) in [7, 11) is 0. The summed E-state index contributed by atoms with van der Waals surface area (Å²) >= 11 is 0. The zero-order valence-corrected chi connectivity index (χ0v) is 21.0. The van der Waals surface area contributed by atoms with Crippen LogP contribution in [-0.4, -0.2) is 55.2 Å². The van der Waals surface area contributed by atoms with Crippen LogP contribution in [0.2, 0.25) is 0 Å². The average molecular weight is 541 g/mol. The zero-order valence-electron chi connectivity index (χ0n) is 18.7. The second kappa shape index (κ2) is 13.6. The van der Waals surface area contributed by atoms with Gasteiger partial charge in [0.05, 0.1) is 13.2 Å². The molecule has 0 unspecified atom stereocenters. The molecule has 0 amide bonds. The molecule has 172 valence electrons. The maximum atomic E-state index is 5.67. The summed E-state index contributed by atoms with van der Waals surface area (Å²) in [4.78, 5) is 4.96. The Hall–Kier alpha value is -1.81. The molecule has 1 aromatic heterocycles. The van der Waals surface area contributed by atoms with E-state index in [1.165, 1.54) is 5.56 Å². The number of aliphatic imine (C=N–C) groups is 1. The molecule has 1 saturated heterocycles. The number of benzene rings is 1. The van der Waals surface area contributed by atoms with Crippen molar-refractivity contribution in [2.45, 2.75) is 45.1 Å². The van der Waals surface area contributed by atoms with Gasteiger partial charge in [0.25, 0.3) is 0 Å². The normalized spacial score (nSPS) is 15.7. The number of hydrogen-bond acceptors (Lipinski definition) is 4. The first-order valence-electron chi connectivity index (χ1n) is 11.1. The lowest BCUT2D eigenvalue weighted by atomic mass is 9.74. The lowest BCUT2D eigenvalue weighted by Crippen LogP contribution is -2.41. The summed E-state index contributed by atoms with van der Waals surface area (Å²) in [5.74, 6) is 1.79. The third kappa shape index (κ3) is 7.68. The first-order valence-corrected chi connectivity index (χ1v) is 11.1. The van der Waals surface area contributed by atoms with Gasteiger partial charge in [-0.2, -0.15) is 5.10 Å². The quantitative estimate of drug-likeness (QED) is 0.208. The van der Waals surface area contributed by atoms with Crippen LogP contribution in [0, 0.1) is 0 Å². The van der Waals surface area contributed by atoms with Crippen LogP contribution in [0.4, 0.5) is 0 Å². The van der Waals surface area contributed by atoms with E-state index in [1.54, 1.807) is 0 Å². The first-order chi connectivity index (χ1) is 14.8. The maximum absolute atomic E-state index is 5.67. The van der Waals surface area contributed by atoms with Crippen molar-refractivity contribution in [3.8, 4) is 5.75 Å². The highest BCUT2D eigenvalue weighted by atomic mass is 127. The molecule has 1 aliphatic heterocycles. The van der Waals surface area contributed by atoms with Crippen molar-refractivity contribution in [3.05, 3.63) is 48.3 Å². The molecule has 0 bridgehead atoms. The van der Waals surface area contributed by atoms with Gasteiger partial charge in [-0.3, -0.25) is 9.67 Å². The molecule has 3 rings (SSSR count). The van der Waals surface area contributed by atoms with Gasteiger partial charge in [0.1, 0.15) is 5.75 Å². The van der Waals surface area contributed by atoms with Crippen LogP contribution >= 0.6 is 24.0 Å². The summed E-state index contributed by atoms with van der Waals surface area (Å²) in [6.07, 6.45) is 6.74. The predicted octanol–water partition coefficient (Wildman–Crippen LogP) is 3.59.